The molecule has 3 N–H and O–H groups in total. The average Bonchev–Trinajstić information content (AvgIpc) is 2.83. The number of rotatable bonds is 4. The number of non-ortho nitro benzene ring substituents is 1. The number of nitrogens with zero attached hydrogens (tertiary/aromatic N) is 2. The lowest BCUT2D eigenvalue weighted by Gasteiger charge is -2.20. The molecule has 1 unspecified atom stereocenters. The van der Waals surface area contributed by atoms with Crippen molar-refractivity contribution in [3.63, 3.8) is 0 Å². The molecule has 1 fully saturated rings. The van der Waals surface area contributed by atoms with Crippen molar-refractivity contribution in [2.75, 3.05) is 13.1 Å². The molecule has 112 valence electrons. The SMILES string of the molecule is NC1(C(=O)O)CCN(C(=O)Cc2ccc([N+](=O)[O-])cc2)C1. The topological polar surface area (TPSA) is 127 Å². The van der Waals surface area contributed by atoms with E-state index in [1.165, 1.54) is 29.2 Å². The first-order chi connectivity index (χ1) is 9.82. The fraction of sp³-hybridized carbons (Fsp3) is 0.385. The number of nitrogens with two attached hydrogens (primary N) is 1. The molecular formula is C13H15N3O5. The summed E-state index contributed by atoms with van der Waals surface area (Å²) in [5, 5.41) is 19.6. The van der Waals surface area contributed by atoms with Crippen LogP contribution in [0, 0.1) is 10.1 Å². The van der Waals surface area contributed by atoms with Crippen LogP contribution in [0.3, 0.4) is 0 Å². The number of carbonyl (C=O) groups is 2. The van der Waals surface area contributed by atoms with Gasteiger partial charge in [0.15, 0.2) is 0 Å². The van der Waals surface area contributed by atoms with E-state index in [0.717, 1.165) is 0 Å². The zero-order valence-electron chi connectivity index (χ0n) is 11.2. The van der Waals surface area contributed by atoms with E-state index in [2.05, 4.69) is 0 Å². The average molecular weight is 293 g/mol. The first kappa shape index (κ1) is 14.9. The fourth-order valence-electron chi connectivity index (χ4n) is 2.24. The Kier molecular flexibility index (Phi) is 3.90. The van der Waals surface area contributed by atoms with Crippen LogP contribution in [0.1, 0.15) is 12.0 Å². The van der Waals surface area contributed by atoms with Gasteiger partial charge in [-0.05, 0) is 12.0 Å². The number of hydrogen-bond donors (Lipinski definition) is 2. The van der Waals surface area contributed by atoms with Crippen LogP contribution in [0.2, 0.25) is 0 Å². The summed E-state index contributed by atoms with van der Waals surface area (Å²) in [7, 11) is 0. The zero-order valence-corrected chi connectivity index (χ0v) is 11.2. The molecule has 0 saturated carbocycles. The molecule has 0 aliphatic carbocycles. The van der Waals surface area contributed by atoms with Crippen LogP contribution in [-0.4, -0.2) is 45.4 Å². The number of aliphatic carboxylic acids is 1. The van der Waals surface area contributed by atoms with Gasteiger partial charge in [-0.25, -0.2) is 0 Å². The third-order valence-electron chi connectivity index (χ3n) is 3.58. The third-order valence-corrected chi connectivity index (χ3v) is 3.58. The molecule has 21 heavy (non-hydrogen) atoms. The van der Waals surface area contributed by atoms with Gasteiger partial charge in [0.1, 0.15) is 5.54 Å². The first-order valence-corrected chi connectivity index (χ1v) is 6.35. The molecule has 0 bridgehead atoms. The van der Waals surface area contributed by atoms with Crippen molar-refractivity contribution < 1.29 is 19.6 Å². The van der Waals surface area contributed by atoms with Crippen LogP contribution in [0.25, 0.3) is 0 Å². The Morgan fingerprint density at radius 3 is 2.48 bits per heavy atom. The monoisotopic (exact) mass is 293 g/mol. The summed E-state index contributed by atoms with van der Waals surface area (Å²) < 4.78 is 0. The van der Waals surface area contributed by atoms with Crippen molar-refractivity contribution in [2.45, 2.75) is 18.4 Å². The van der Waals surface area contributed by atoms with Crippen LogP contribution in [0.15, 0.2) is 24.3 Å². The number of carbonyl (C=O) groups excluding carboxylic acids is 1. The Balaban J connectivity index is 1.99. The summed E-state index contributed by atoms with van der Waals surface area (Å²) in [4.78, 5) is 34.6. The van der Waals surface area contributed by atoms with Gasteiger partial charge < -0.3 is 15.7 Å². The van der Waals surface area contributed by atoms with Crippen molar-refractivity contribution in [2.24, 2.45) is 5.73 Å². The molecular weight excluding hydrogens is 278 g/mol. The molecule has 1 aliphatic heterocycles. The van der Waals surface area contributed by atoms with E-state index in [1.54, 1.807) is 0 Å². The Bertz CT molecular complexity index is 586. The highest BCUT2D eigenvalue weighted by atomic mass is 16.6. The summed E-state index contributed by atoms with van der Waals surface area (Å²) in [5.41, 5.74) is 4.92. The lowest BCUT2D eigenvalue weighted by atomic mass is 10.0. The first-order valence-electron chi connectivity index (χ1n) is 6.35. The quantitative estimate of drug-likeness (QED) is 0.601. The van der Waals surface area contributed by atoms with E-state index in [-0.39, 0.29) is 31.0 Å². The predicted octanol–water partition coefficient (Wildman–Crippen LogP) is 0.152. The van der Waals surface area contributed by atoms with E-state index < -0.39 is 16.4 Å². The highest BCUT2D eigenvalue weighted by Crippen LogP contribution is 2.20. The van der Waals surface area contributed by atoms with E-state index in [4.69, 9.17) is 10.8 Å². The van der Waals surface area contributed by atoms with Crippen LogP contribution >= 0.6 is 0 Å². The van der Waals surface area contributed by atoms with Crippen molar-refractivity contribution in [3.8, 4) is 0 Å². The van der Waals surface area contributed by atoms with Gasteiger partial charge in [-0.2, -0.15) is 0 Å². The highest BCUT2D eigenvalue weighted by molar-refractivity contribution is 5.84. The Hall–Kier alpha value is -2.48. The standard InChI is InChI=1S/C13H15N3O5/c14-13(12(18)19)5-6-15(8-13)11(17)7-9-1-3-10(4-2-9)16(20)21/h1-4H,5-8,14H2,(H,18,19). The summed E-state index contributed by atoms with van der Waals surface area (Å²) in [6, 6.07) is 5.69. The van der Waals surface area contributed by atoms with E-state index >= 15 is 0 Å². The number of amides is 1. The normalized spacial score (nSPS) is 21.3. The summed E-state index contributed by atoms with van der Waals surface area (Å²) in [5.74, 6) is -1.36. The van der Waals surface area contributed by atoms with E-state index in [9.17, 15) is 19.7 Å². The maximum Gasteiger partial charge on any atom is 0.325 e. The van der Waals surface area contributed by atoms with Crippen molar-refractivity contribution in [3.05, 3.63) is 39.9 Å². The minimum Gasteiger partial charge on any atom is -0.480 e. The second-order valence-corrected chi connectivity index (χ2v) is 5.13. The second kappa shape index (κ2) is 5.49. The number of hydrogen-bond acceptors (Lipinski definition) is 5. The number of likely N-dealkylation sites (tertiary alicyclic amines) is 1. The van der Waals surface area contributed by atoms with Gasteiger partial charge in [0, 0.05) is 25.2 Å². The summed E-state index contributed by atoms with van der Waals surface area (Å²) in [6.07, 6.45) is 0.280. The maximum atomic E-state index is 12.1. The van der Waals surface area contributed by atoms with Crippen LogP contribution in [-0.2, 0) is 16.0 Å². The number of nitro groups is 1. The Morgan fingerprint density at radius 1 is 1.38 bits per heavy atom. The lowest BCUT2D eigenvalue weighted by molar-refractivity contribution is -0.384. The highest BCUT2D eigenvalue weighted by Gasteiger charge is 2.42. The van der Waals surface area contributed by atoms with Gasteiger partial charge >= 0.3 is 5.97 Å². The smallest absolute Gasteiger partial charge is 0.325 e. The summed E-state index contributed by atoms with van der Waals surface area (Å²) >= 11 is 0. The van der Waals surface area contributed by atoms with Crippen molar-refractivity contribution >= 4 is 17.6 Å². The minimum atomic E-state index is -1.38. The molecule has 1 amide bonds. The molecule has 1 heterocycles. The lowest BCUT2D eigenvalue weighted by Crippen LogP contribution is -2.50. The van der Waals surface area contributed by atoms with E-state index in [1.807, 2.05) is 0 Å². The molecule has 1 aliphatic rings. The van der Waals surface area contributed by atoms with Gasteiger partial charge in [-0.1, -0.05) is 12.1 Å². The van der Waals surface area contributed by atoms with Gasteiger partial charge in [0.25, 0.3) is 5.69 Å². The third kappa shape index (κ3) is 3.16. The number of nitro benzene ring substituents is 1. The molecule has 0 radical (unpaired) electrons. The molecule has 8 nitrogen and oxygen atoms in total. The van der Waals surface area contributed by atoms with Crippen LogP contribution in [0.4, 0.5) is 5.69 Å². The van der Waals surface area contributed by atoms with Gasteiger partial charge in [0.2, 0.25) is 5.91 Å². The summed E-state index contributed by atoms with van der Waals surface area (Å²) in [6.45, 7) is 0.281. The Morgan fingerprint density at radius 2 is 2.00 bits per heavy atom. The Labute approximate surface area is 120 Å². The molecule has 0 spiro atoms. The maximum absolute atomic E-state index is 12.1. The van der Waals surface area contributed by atoms with Gasteiger partial charge in [-0.15, -0.1) is 0 Å². The van der Waals surface area contributed by atoms with Crippen molar-refractivity contribution in [1.29, 1.82) is 0 Å². The molecule has 1 aromatic carbocycles. The molecule has 1 aromatic rings. The van der Waals surface area contributed by atoms with E-state index in [0.29, 0.717) is 12.1 Å². The molecule has 1 saturated heterocycles. The molecule has 2 rings (SSSR count). The number of carboxylic acid groups (broad SMARTS) is 1. The number of carboxylic acids is 1. The zero-order chi connectivity index (χ0) is 15.6. The van der Waals surface area contributed by atoms with Crippen molar-refractivity contribution in [1.82, 2.24) is 4.90 Å². The second-order valence-electron chi connectivity index (χ2n) is 5.13. The fourth-order valence-corrected chi connectivity index (χ4v) is 2.24. The minimum absolute atomic E-state index is 0.0197. The largest absolute Gasteiger partial charge is 0.480 e. The predicted molar refractivity (Wildman–Crippen MR) is 72.6 cm³/mol. The van der Waals surface area contributed by atoms with Crippen LogP contribution < -0.4 is 5.73 Å². The van der Waals surface area contributed by atoms with Gasteiger partial charge in [-0.3, -0.25) is 19.7 Å². The number of benzene rings is 1. The van der Waals surface area contributed by atoms with Gasteiger partial charge in [0.05, 0.1) is 11.3 Å². The van der Waals surface area contributed by atoms with Crippen LogP contribution in [0.5, 0.6) is 0 Å². The molecule has 1 atom stereocenters. The molecule has 0 aromatic heterocycles. The molecule has 8 heteroatoms.